The van der Waals surface area contributed by atoms with Gasteiger partial charge in [-0.15, -0.1) is 0 Å². The van der Waals surface area contributed by atoms with Gasteiger partial charge in [-0.05, 0) is 29.8 Å². The summed E-state index contributed by atoms with van der Waals surface area (Å²) < 4.78 is 13.0. The number of benzene rings is 1. The van der Waals surface area contributed by atoms with Gasteiger partial charge in [0.2, 0.25) is 0 Å². The molecule has 1 aromatic heterocycles. The van der Waals surface area contributed by atoms with Crippen molar-refractivity contribution in [3.8, 4) is 6.07 Å². The highest BCUT2D eigenvalue weighted by atomic mass is 19.1. The van der Waals surface area contributed by atoms with E-state index in [-0.39, 0.29) is 11.5 Å². The van der Waals surface area contributed by atoms with Crippen LogP contribution in [-0.4, -0.2) is 4.98 Å². The van der Waals surface area contributed by atoms with Crippen molar-refractivity contribution in [3.63, 3.8) is 0 Å². The molecular weight excluding hydrogens is 231 g/mol. The average Bonchev–Trinajstić information content (AvgIpc) is 2.38. The second kappa shape index (κ2) is 5.15. The van der Waals surface area contributed by atoms with Gasteiger partial charge in [0.05, 0.1) is 5.69 Å². The molecule has 0 aliphatic heterocycles. The number of aromatic nitrogens is 1. The number of rotatable bonds is 3. The average molecular weight is 242 g/mol. The third-order valence-corrected chi connectivity index (χ3v) is 2.40. The monoisotopic (exact) mass is 242 g/mol. The Bertz CT molecular complexity index is 604. The maximum atomic E-state index is 13.0. The SMILES string of the molecule is N#Cc1nc(NCc2cccc(F)c2)ccc1N. The molecule has 18 heavy (non-hydrogen) atoms. The second-order valence-corrected chi connectivity index (χ2v) is 3.73. The van der Waals surface area contributed by atoms with E-state index in [9.17, 15) is 4.39 Å². The molecule has 4 nitrogen and oxygen atoms in total. The Labute approximate surface area is 104 Å². The first-order chi connectivity index (χ1) is 8.69. The van der Waals surface area contributed by atoms with Crippen LogP contribution >= 0.6 is 0 Å². The van der Waals surface area contributed by atoms with Crippen LogP contribution < -0.4 is 11.1 Å². The van der Waals surface area contributed by atoms with Crippen molar-refractivity contribution in [1.29, 1.82) is 5.26 Å². The maximum Gasteiger partial charge on any atom is 0.165 e. The van der Waals surface area contributed by atoms with Crippen molar-refractivity contribution in [2.45, 2.75) is 6.54 Å². The summed E-state index contributed by atoms with van der Waals surface area (Å²) in [6.45, 7) is 0.430. The molecule has 0 bridgehead atoms. The lowest BCUT2D eigenvalue weighted by atomic mass is 10.2. The van der Waals surface area contributed by atoms with Crippen molar-refractivity contribution >= 4 is 11.5 Å². The molecule has 0 spiro atoms. The number of nitrogens with one attached hydrogen (secondary N) is 1. The van der Waals surface area contributed by atoms with Gasteiger partial charge in [0.1, 0.15) is 17.7 Å². The summed E-state index contributed by atoms with van der Waals surface area (Å²) in [6, 6.07) is 11.5. The number of halogens is 1. The molecular formula is C13H11FN4. The van der Waals surface area contributed by atoms with Crippen LogP contribution in [0.2, 0.25) is 0 Å². The lowest BCUT2D eigenvalue weighted by Gasteiger charge is -2.06. The highest BCUT2D eigenvalue weighted by Gasteiger charge is 2.02. The fraction of sp³-hybridized carbons (Fsp3) is 0.0769. The zero-order valence-corrected chi connectivity index (χ0v) is 9.52. The lowest BCUT2D eigenvalue weighted by molar-refractivity contribution is 0.626. The van der Waals surface area contributed by atoms with Crippen LogP contribution in [0.25, 0.3) is 0 Å². The molecule has 0 fully saturated rings. The third-order valence-electron chi connectivity index (χ3n) is 2.40. The zero-order valence-electron chi connectivity index (χ0n) is 9.52. The van der Waals surface area contributed by atoms with E-state index in [0.717, 1.165) is 5.56 Å². The summed E-state index contributed by atoms with van der Waals surface area (Å²) in [7, 11) is 0. The van der Waals surface area contributed by atoms with Gasteiger partial charge in [0.15, 0.2) is 5.69 Å². The fourth-order valence-electron chi connectivity index (χ4n) is 1.50. The Morgan fingerprint density at radius 3 is 2.89 bits per heavy atom. The van der Waals surface area contributed by atoms with Gasteiger partial charge in [-0.2, -0.15) is 5.26 Å². The summed E-state index contributed by atoms with van der Waals surface area (Å²) in [5.74, 6) is 0.252. The number of hydrogen-bond acceptors (Lipinski definition) is 4. The van der Waals surface area contributed by atoms with Crippen molar-refractivity contribution < 1.29 is 4.39 Å². The van der Waals surface area contributed by atoms with Crippen LogP contribution in [0.3, 0.4) is 0 Å². The molecule has 0 amide bonds. The van der Waals surface area contributed by atoms with Crippen LogP contribution in [0.5, 0.6) is 0 Å². The molecule has 90 valence electrons. The van der Waals surface area contributed by atoms with Crippen molar-refractivity contribution in [2.75, 3.05) is 11.1 Å². The van der Waals surface area contributed by atoms with Crippen molar-refractivity contribution in [1.82, 2.24) is 4.98 Å². The minimum Gasteiger partial charge on any atom is -0.396 e. The van der Waals surface area contributed by atoms with Crippen LogP contribution in [0.15, 0.2) is 36.4 Å². The number of nitrogens with zero attached hydrogens (tertiary/aromatic N) is 2. The third kappa shape index (κ3) is 2.74. The minimum absolute atomic E-state index is 0.180. The summed E-state index contributed by atoms with van der Waals surface area (Å²) in [4.78, 5) is 4.04. The van der Waals surface area contributed by atoms with Crippen molar-refractivity contribution in [3.05, 3.63) is 53.5 Å². The molecule has 0 unspecified atom stereocenters. The van der Waals surface area contributed by atoms with E-state index >= 15 is 0 Å². The lowest BCUT2D eigenvalue weighted by Crippen LogP contribution is -2.03. The molecule has 0 saturated carbocycles. The van der Waals surface area contributed by atoms with Crippen molar-refractivity contribution in [2.24, 2.45) is 0 Å². The van der Waals surface area contributed by atoms with Crippen LogP contribution in [0.4, 0.5) is 15.9 Å². The Kier molecular flexibility index (Phi) is 3.39. The number of nitrogens with two attached hydrogens (primary N) is 1. The molecule has 1 aromatic carbocycles. The molecule has 1 heterocycles. The van der Waals surface area contributed by atoms with E-state index < -0.39 is 0 Å². The first kappa shape index (κ1) is 11.9. The summed E-state index contributed by atoms with van der Waals surface area (Å²) in [5.41, 5.74) is 6.88. The van der Waals surface area contributed by atoms with E-state index in [1.54, 1.807) is 24.3 Å². The topological polar surface area (TPSA) is 74.7 Å². The molecule has 5 heteroatoms. The maximum absolute atomic E-state index is 13.0. The minimum atomic E-state index is -0.280. The summed E-state index contributed by atoms with van der Waals surface area (Å²) >= 11 is 0. The normalized spacial score (nSPS) is 9.78. The van der Waals surface area contributed by atoms with Crippen LogP contribution in [0, 0.1) is 17.1 Å². The van der Waals surface area contributed by atoms with Crippen LogP contribution in [0.1, 0.15) is 11.3 Å². The second-order valence-electron chi connectivity index (χ2n) is 3.73. The molecule has 2 rings (SSSR count). The first-order valence-electron chi connectivity index (χ1n) is 5.34. The number of pyridine rings is 1. The number of nitriles is 1. The number of anilines is 2. The van der Waals surface area contributed by atoms with Crippen LogP contribution in [-0.2, 0) is 6.54 Å². The Hall–Kier alpha value is -2.61. The van der Waals surface area contributed by atoms with Gasteiger partial charge in [-0.1, -0.05) is 12.1 Å². The Balaban J connectivity index is 2.09. The molecule has 0 saturated heterocycles. The van der Waals surface area contributed by atoms with E-state index in [0.29, 0.717) is 18.1 Å². The Morgan fingerprint density at radius 2 is 2.17 bits per heavy atom. The van der Waals surface area contributed by atoms with E-state index in [1.165, 1.54) is 12.1 Å². The fourth-order valence-corrected chi connectivity index (χ4v) is 1.50. The Morgan fingerprint density at radius 1 is 1.33 bits per heavy atom. The zero-order chi connectivity index (χ0) is 13.0. The largest absolute Gasteiger partial charge is 0.396 e. The molecule has 3 N–H and O–H groups in total. The molecule has 0 aliphatic rings. The number of nitrogen functional groups attached to an aromatic ring is 1. The predicted octanol–water partition coefficient (Wildman–Crippen LogP) is 2.29. The van der Waals surface area contributed by atoms with Gasteiger partial charge >= 0.3 is 0 Å². The van der Waals surface area contributed by atoms with Gasteiger partial charge in [0.25, 0.3) is 0 Å². The standard InChI is InChI=1S/C13H11FN4/c14-10-3-1-2-9(6-10)8-17-13-5-4-11(16)12(7-15)18-13/h1-6H,8,16H2,(H,17,18). The van der Waals surface area contributed by atoms with Gasteiger partial charge in [-0.3, -0.25) is 0 Å². The molecule has 0 aliphatic carbocycles. The number of hydrogen-bond donors (Lipinski definition) is 2. The first-order valence-corrected chi connectivity index (χ1v) is 5.34. The molecule has 0 atom stereocenters. The highest BCUT2D eigenvalue weighted by Crippen LogP contribution is 2.13. The van der Waals surface area contributed by atoms with Gasteiger partial charge in [-0.25, -0.2) is 9.37 Å². The van der Waals surface area contributed by atoms with E-state index in [1.807, 2.05) is 6.07 Å². The van der Waals surface area contributed by atoms with E-state index in [2.05, 4.69) is 10.3 Å². The van der Waals surface area contributed by atoms with E-state index in [4.69, 9.17) is 11.0 Å². The predicted molar refractivity (Wildman–Crippen MR) is 67.1 cm³/mol. The summed E-state index contributed by atoms with van der Waals surface area (Å²) in [5, 5.41) is 11.8. The smallest absolute Gasteiger partial charge is 0.165 e. The molecule has 2 aromatic rings. The van der Waals surface area contributed by atoms with Gasteiger partial charge in [0, 0.05) is 6.54 Å². The van der Waals surface area contributed by atoms with Gasteiger partial charge < -0.3 is 11.1 Å². The highest BCUT2D eigenvalue weighted by molar-refractivity contribution is 5.54. The molecule has 0 radical (unpaired) electrons. The quantitative estimate of drug-likeness (QED) is 0.865. The summed E-state index contributed by atoms with van der Waals surface area (Å²) in [6.07, 6.45) is 0.